The molecule has 1 aromatic heterocycles. The topological polar surface area (TPSA) is 106 Å². The van der Waals surface area contributed by atoms with Gasteiger partial charge in [0.05, 0.1) is 20.0 Å². The van der Waals surface area contributed by atoms with Gasteiger partial charge in [0.2, 0.25) is 5.91 Å². The van der Waals surface area contributed by atoms with Crippen LogP contribution in [0.15, 0.2) is 30.6 Å². The minimum Gasteiger partial charge on any atom is -0.497 e. The fourth-order valence-electron chi connectivity index (χ4n) is 5.51. The summed E-state index contributed by atoms with van der Waals surface area (Å²) >= 11 is 0. The zero-order chi connectivity index (χ0) is 25.3. The number of benzene rings is 1. The Morgan fingerprint density at radius 1 is 1.08 bits per heavy atom. The summed E-state index contributed by atoms with van der Waals surface area (Å²) in [5, 5.41) is 6.12. The predicted octanol–water partition coefficient (Wildman–Crippen LogP) is 3.04. The third-order valence-corrected chi connectivity index (χ3v) is 7.69. The van der Waals surface area contributed by atoms with E-state index in [1.54, 1.807) is 23.5 Å². The van der Waals surface area contributed by atoms with Gasteiger partial charge in [0.1, 0.15) is 17.0 Å². The monoisotopic (exact) mass is 493 g/mol. The van der Waals surface area contributed by atoms with E-state index in [1.165, 1.54) is 19.2 Å². The maximum atomic E-state index is 13.8. The molecule has 3 amide bonds. The van der Waals surface area contributed by atoms with Gasteiger partial charge >= 0.3 is 0 Å². The van der Waals surface area contributed by atoms with Crippen LogP contribution in [0.3, 0.4) is 0 Å². The Morgan fingerprint density at radius 3 is 2.42 bits per heavy atom. The molecule has 2 saturated carbocycles. The quantitative estimate of drug-likeness (QED) is 0.577. The van der Waals surface area contributed by atoms with Crippen molar-refractivity contribution in [2.45, 2.75) is 89.0 Å². The predicted molar refractivity (Wildman–Crippen MR) is 134 cm³/mol. The van der Waals surface area contributed by atoms with Gasteiger partial charge in [0.15, 0.2) is 5.69 Å². The third-order valence-electron chi connectivity index (χ3n) is 7.69. The fourth-order valence-corrected chi connectivity index (χ4v) is 5.51. The summed E-state index contributed by atoms with van der Waals surface area (Å²) < 4.78 is 6.87. The van der Waals surface area contributed by atoms with Crippen LogP contribution in [0.1, 0.15) is 84.8 Å². The highest BCUT2D eigenvalue weighted by molar-refractivity contribution is 6.07. The summed E-state index contributed by atoms with van der Waals surface area (Å²) in [5.74, 6) is -0.0645. The number of fused-ring (bicyclic) bond motifs is 1. The van der Waals surface area contributed by atoms with Crippen molar-refractivity contribution in [3.8, 4) is 5.75 Å². The normalized spacial score (nSPS) is 22.5. The highest BCUT2D eigenvalue weighted by Gasteiger charge is 2.53. The minimum atomic E-state index is -1.08. The first-order valence-corrected chi connectivity index (χ1v) is 13.0. The molecule has 2 aromatic rings. The molecule has 1 aliphatic heterocycles. The van der Waals surface area contributed by atoms with E-state index in [0.717, 1.165) is 49.8 Å². The summed E-state index contributed by atoms with van der Waals surface area (Å²) in [6.45, 7) is 2.40. The van der Waals surface area contributed by atoms with Crippen LogP contribution in [0.4, 0.5) is 0 Å². The van der Waals surface area contributed by atoms with E-state index in [9.17, 15) is 14.4 Å². The Bertz CT molecular complexity index is 1130. The second-order valence-electron chi connectivity index (χ2n) is 10.4. The molecule has 2 fully saturated rings. The van der Waals surface area contributed by atoms with Crippen LogP contribution in [-0.2, 0) is 17.9 Å². The number of ether oxygens (including phenoxy) is 1. The van der Waals surface area contributed by atoms with E-state index in [2.05, 4.69) is 15.6 Å². The lowest BCUT2D eigenvalue weighted by Crippen LogP contribution is -2.64. The molecule has 1 atom stereocenters. The summed E-state index contributed by atoms with van der Waals surface area (Å²) in [6.07, 6.45) is 9.73. The van der Waals surface area contributed by atoms with Crippen LogP contribution in [0, 0.1) is 0 Å². The summed E-state index contributed by atoms with van der Waals surface area (Å²) in [6, 6.07) is 7.62. The number of nitrogens with one attached hydrogen (secondary N) is 2. The third kappa shape index (κ3) is 4.70. The first kappa shape index (κ1) is 24.3. The number of rotatable bonds is 7. The number of nitrogens with zero attached hydrogens (tertiary/aromatic N) is 3. The van der Waals surface area contributed by atoms with E-state index in [-0.39, 0.29) is 47.7 Å². The molecule has 0 radical (unpaired) electrons. The van der Waals surface area contributed by atoms with Gasteiger partial charge in [-0.2, -0.15) is 0 Å². The van der Waals surface area contributed by atoms with Crippen LogP contribution < -0.4 is 15.4 Å². The van der Waals surface area contributed by atoms with Gasteiger partial charge in [0, 0.05) is 18.6 Å². The zero-order valence-electron chi connectivity index (χ0n) is 21.1. The molecule has 36 heavy (non-hydrogen) atoms. The van der Waals surface area contributed by atoms with Crippen LogP contribution in [0.25, 0.3) is 0 Å². The molecule has 9 nitrogen and oxygen atoms in total. The second kappa shape index (κ2) is 9.95. The Balaban J connectivity index is 1.34. The molecule has 5 rings (SSSR count). The molecule has 9 heteroatoms. The minimum absolute atomic E-state index is 0.00402. The molecule has 2 heterocycles. The van der Waals surface area contributed by atoms with E-state index in [0.29, 0.717) is 6.54 Å². The Kier molecular flexibility index (Phi) is 6.73. The van der Waals surface area contributed by atoms with Crippen molar-refractivity contribution >= 4 is 17.7 Å². The van der Waals surface area contributed by atoms with E-state index in [4.69, 9.17) is 4.74 Å². The molecule has 0 bridgehead atoms. The van der Waals surface area contributed by atoms with Gasteiger partial charge in [-0.1, -0.05) is 37.8 Å². The summed E-state index contributed by atoms with van der Waals surface area (Å²) in [5.41, 5.74) is 0.311. The number of carbonyl (C=O) groups is 3. The average molecular weight is 494 g/mol. The van der Waals surface area contributed by atoms with Crippen molar-refractivity contribution in [1.29, 1.82) is 0 Å². The average Bonchev–Trinajstić information content (AvgIpc) is 3.66. The number of amides is 3. The largest absolute Gasteiger partial charge is 0.497 e. The standard InChI is InChI=1S/C27H35N5O4/c1-27(26(35)28-15-18-9-13-21(36-2)14-10-18)16-31-17-29-22(23(31)25(34)32(27)20-11-12-20)24(33)30-19-7-5-3-4-6-8-19/h9-10,13-14,17,19-20H,3-8,11-12,15-16H2,1-2H3,(H,28,35)(H,30,33)/t27-/m1/s1. The Hall–Kier alpha value is -3.36. The van der Waals surface area contributed by atoms with Crippen molar-refractivity contribution < 1.29 is 19.1 Å². The van der Waals surface area contributed by atoms with Crippen LogP contribution >= 0.6 is 0 Å². The van der Waals surface area contributed by atoms with Crippen LogP contribution in [0.2, 0.25) is 0 Å². The van der Waals surface area contributed by atoms with E-state index < -0.39 is 5.54 Å². The fraction of sp³-hybridized carbons (Fsp3) is 0.556. The van der Waals surface area contributed by atoms with E-state index in [1.807, 2.05) is 24.3 Å². The molecule has 1 aromatic carbocycles. The smallest absolute Gasteiger partial charge is 0.274 e. The first-order chi connectivity index (χ1) is 17.4. The van der Waals surface area contributed by atoms with Gasteiger partial charge in [-0.15, -0.1) is 0 Å². The zero-order valence-corrected chi connectivity index (χ0v) is 21.1. The summed E-state index contributed by atoms with van der Waals surface area (Å²) in [7, 11) is 1.61. The molecule has 2 aliphatic carbocycles. The molecule has 0 unspecified atom stereocenters. The number of carbonyl (C=O) groups excluding carboxylic acids is 3. The van der Waals surface area contributed by atoms with Gasteiger partial charge < -0.3 is 24.8 Å². The molecular weight excluding hydrogens is 458 g/mol. The molecule has 192 valence electrons. The molecule has 2 N–H and O–H groups in total. The number of hydrogen-bond donors (Lipinski definition) is 2. The van der Waals surface area contributed by atoms with Gasteiger partial charge in [-0.25, -0.2) is 4.98 Å². The molecule has 3 aliphatic rings. The van der Waals surface area contributed by atoms with Gasteiger partial charge in [-0.05, 0) is 50.3 Å². The van der Waals surface area contributed by atoms with E-state index >= 15 is 0 Å². The molecular formula is C27H35N5O4. The molecule has 0 spiro atoms. The first-order valence-electron chi connectivity index (χ1n) is 13.0. The maximum Gasteiger partial charge on any atom is 0.274 e. The maximum absolute atomic E-state index is 13.8. The highest BCUT2D eigenvalue weighted by atomic mass is 16.5. The Morgan fingerprint density at radius 2 is 1.78 bits per heavy atom. The second-order valence-corrected chi connectivity index (χ2v) is 10.4. The Labute approximate surface area is 211 Å². The van der Waals surface area contributed by atoms with Gasteiger partial charge in [-0.3, -0.25) is 14.4 Å². The number of aromatic nitrogens is 2. The molecule has 0 saturated heterocycles. The van der Waals surface area contributed by atoms with Crippen LogP contribution in [-0.4, -0.2) is 56.9 Å². The van der Waals surface area contributed by atoms with Crippen molar-refractivity contribution in [2.75, 3.05) is 7.11 Å². The number of methoxy groups -OCH3 is 1. The number of imidazole rings is 1. The lowest BCUT2D eigenvalue weighted by Gasteiger charge is -2.44. The van der Waals surface area contributed by atoms with Gasteiger partial charge in [0.25, 0.3) is 11.8 Å². The lowest BCUT2D eigenvalue weighted by molar-refractivity contribution is -0.133. The van der Waals surface area contributed by atoms with Crippen molar-refractivity contribution in [3.05, 3.63) is 47.5 Å². The highest BCUT2D eigenvalue weighted by Crippen LogP contribution is 2.39. The summed E-state index contributed by atoms with van der Waals surface area (Å²) in [4.78, 5) is 46.5. The lowest BCUT2D eigenvalue weighted by atomic mass is 9.93. The van der Waals surface area contributed by atoms with Crippen molar-refractivity contribution in [1.82, 2.24) is 25.1 Å². The van der Waals surface area contributed by atoms with Crippen molar-refractivity contribution in [3.63, 3.8) is 0 Å². The number of hydrogen-bond acceptors (Lipinski definition) is 5. The van der Waals surface area contributed by atoms with Crippen molar-refractivity contribution in [2.24, 2.45) is 0 Å². The van der Waals surface area contributed by atoms with Crippen LogP contribution in [0.5, 0.6) is 5.75 Å². The SMILES string of the molecule is COc1ccc(CNC(=O)[C@@]2(C)Cn3cnc(C(=O)NC4CCCCCC4)c3C(=O)N2C2CC2)cc1.